The summed E-state index contributed by atoms with van der Waals surface area (Å²) in [5.74, 6) is 0.0210. The molecule has 2 nitrogen and oxygen atoms in total. The molecule has 0 amide bonds. The summed E-state index contributed by atoms with van der Waals surface area (Å²) in [7, 11) is 0. The summed E-state index contributed by atoms with van der Waals surface area (Å²) in [6, 6.07) is 7.68. The van der Waals surface area contributed by atoms with Gasteiger partial charge in [0.15, 0.2) is 11.5 Å². The van der Waals surface area contributed by atoms with Crippen molar-refractivity contribution in [2.24, 2.45) is 0 Å². The van der Waals surface area contributed by atoms with Gasteiger partial charge < -0.3 is 4.42 Å². The maximum absolute atomic E-state index is 13.5. The summed E-state index contributed by atoms with van der Waals surface area (Å²) in [4.78, 5) is 11.0. The van der Waals surface area contributed by atoms with E-state index < -0.39 is 0 Å². The number of ketones is 1. The molecule has 4 heteroatoms. The lowest BCUT2D eigenvalue weighted by Gasteiger charge is -2.00. The fourth-order valence-corrected chi connectivity index (χ4v) is 1.72. The Morgan fingerprint density at radius 3 is 2.69 bits per heavy atom. The molecule has 0 bridgehead atoms. The minimum absolute atomic E-state index is 0.179. The summed E-state index contributed by atoms with van der Waals surface area (Å²) in [6.45, 7) is 1.40. The predicted octanol–water partition coefficient (Wildman–Crippen LogP) is 4.05. The molecule has 0 radical (unpaired) electrons. The molecule has 82 valence electrons. The van der Waals surface area contributed by atoms with Crippen molar-refractivity contribution in [1.29, 1.82) is 0 Å². The van der Waals surface area contributed by atoms with E-state index in [0.29, 0.717) is 11.3 Å². The van der Waals surface area contributed by atoms with Gasteiger partial charge in [-0.15, -0.1) is 0 Å². The minimum Gasteiger partial charge on any atom is -0.453 e. The molecule has 0 aliphatic carbocycles. The van der Waals surface area contributed by atoms with Crippen LogP contribution < -0.4 is 0 Å². The van der Waals surface area contributed by atoms with Crippen molar-refractivity contribution in [3.05, 3.63) is 46.4 Å². The van der Waals surface area contributed by atoms with Crippen LogP contribution in [-0.4, -0.2) is 5.78 Å². The van der Waals surface area contributed by atoms with Crippen LogP contribution in [0.1, 0.15) is 17.5 Å². The third-order valence-corrected chi connectivity index (χ3v) is 2.64. The van der Waals surface area contributed by atoms with Crippen molar-refractivity contribution >= 4 is 21.7 Å². The molecule has 0 saturated heterocycles. The molecular weight excluding hydrogens is 275 g/mol. The van der Waals surface area contributed by atoms with E-state index in [-0.39, 0.29) is 17.4 Å². The van der Waals surface area contributed by atoms with E-state index in [1.165, 1.54) is 19.1 Å². The number of Topliss-reactive ketones (excluding diaryl/α,β-unsaturated/α-hetero) is 1. The molecule has 0 spiro atoms. The number of carbonyl (C=O) groups excluding carboxylic acids is 1. The van der Waals surface area contributed by atoms with Crippen LogP contribution in [0.2, 0.25) is 0 Å². The smallest absolute Gasteiger partial charge is 0.194 e. The second-order valence-electron chi connectivity index (χ2n) is 3.34. The monoisotopic (exact) mass is 282 g/mol. The first-order valence-corrected chi connectivity index (χ1v) is 5.43. The van der Waals surface area contributed by atoms with Crippen molar-refractivity contribution in [1.82, 2.24) is 0 Å². The van der Waals surface area contributed by atoms with E-state index in [2.05, 4.69) is 15.9 Å². The zero-order valence-corrected chi connectivity index (χ0v) is 10.0. The molecular formula is C12H8BrFO2. The predicted molar refractivity (Wildman–Crippen MR) is 61.8 cm³/mol. The van der Waals surface area contributed by atoms with Crippen LogP contribution in [-0.2, 0) is 0 Å². The van der Waals surface area contributed by atoms with Crippen LogP contribution >= 0.6 is 15.9 Å². The number of hydrogen-bond acceptors (Lipinski definition) is 2. The minimum atomic E-state index is -0.382. The first-order chi connectivity index (χ1) is 7.58. The van der Waals surface area contributed by atoms with Gasteiger partial charge in [-0.3, -0.25) is 4.79 Å². The molecule has 0 aliphatic rings. The molecule has 16 heavy (non-hydrogen) atoms. The average molecular weight is 283 g/mol. The molecule has 0 aliphatic heterocycles. The second kappa shape index (κ2) is 4.22. The number of hydrogen-bond donors (Lipinski definition) is 0. The highest BCUT2D eigenvalue weighted by molar-refractivity contribution is 9.10. The molecule has 1 heterocycles. The average Bonchev–Trinajstić information content (AvgIpc) is 2.70. The van der Waals surface area contributed by atoms with Gasteiger partial charge >= 0.3 is 0 Å². The highest BCUT2D eigenvalue weighted by atomic mass is 79.9. The summed E-state index contributed by atoms with van der Waals surface area (Å²) in [5.41, 5.74) is 0.335. The lowest BCUT2D eigenvalue weighted by molar-refractivity contribution is 0.0988. The van der Waals surface area contributed by atoms with Gasteiger partial charge in [0.2, 0.25) is 0 Å². The summed E-state index contributed by atoms with van der Waals surface area (Å²) in [6.07, 6.45) is 0. The molecule has 0 atom stereocenters. The van der Waals surface area contributed by atoms with Crippen molar-refractivity contribution in [3.8, 4) is 11.3 Å². The van der Waals surface area contributed by atoms with Crippen molar-refractivity contribution in [3.63, 3.8) is 0 Å². The number of benzene rings is 1. The Bertz CT molecular complexity index is 546. The van der Waals surface area contributed by atoms with Crippen LogP contribution in [0.25, 0.3) is 11.3 Å². The maximum Gasteiger partial charge on any atom is 0.194 e. The maximum atomic E-state index is 13.5. The fourth-order valence-electron chi connectivity index (χ4n) is 1.36. The highest BCUT2D eigenvalue weighted by Crippen LogP contribution is 2.27. The van der Waals surface area contributed by atoms with Crippen LogP contribution in [0, 0.1) is 5.82 Å². The van der Waals surface area contributed by atoms with E-state index in [1.54, 1.807) is 18.2 Å². The van der Waals surface area contributed by atoms with Crippen molar-refractivity contribution < 1.29 is 13.6 Å². The van der Waals surface area contributed by atoms with Crippen molar-refractivity contribution in [2.75, 3.05) is 0 Å². The van der Waals surface area contributed by atoms with Gasteiger partial charge in [-0.25, -0.2) is 4.39 Å². The topological polar surface area (TPSA) is 30.2 Å². The van der Waals surface area contributed by atoms with Gasteiger partial charge in [-0.1, -0.05) is 15.9 Å². The normalized spacial score (nSPS) is 10.4. The largest absolute Gasteiger partial charge is 0.453 e. The number of rotatable bonds is 2. The molecule has 2 rings (SSSR count). The Morgan fingerprint density at radius 1 is 1.31 bits per heavy atom. The molecule has 0 unspecified atom stereocenters. The van der Waals surface area contributed by atoms with Gasteiger partial charge in [0.05, 0.1) is 5.56 Å². The Kier molecular flexibility index (Phi) is 2.92. The number of halogens is 2. The lowest BCUT2D eigenvalue weighted by atomic mass is 10.1. The zero-order valence-electron chi connectivity index (χ0n) is 8.46. The Balaban J connectivity index is 2.50. The van der Waals surface area contributed by atoms with E-state index in [9.17, 15) is 9.18 Å². The molecule has 2 aromatic rings. The standard InChI is InChI=1S/C12H8BrFO2/c1-7(15)11-4-5-12(16-11)9-6-8(13)2-3-10(9)14/h2-6H,1H3. The number of furan rings is 1. The third kappa shape index (κ3) is 2.07. The van der Waals surface area contributed by atoms with Gasteiger partial charge in [0, 0.05) is 11.4 Å². The lowest BCUT2D eigenvalue weighted by Crippen LogP contribution is -1.86. The van der Waals surface area contributed by atoms with Gasteiger partial charge in [0.1, 0.15) is 11.6 Å². The van der Waals surface area contributed by atoms with Crippen LogP contribution in [0.3, 0.4) is 0 Å². The second-order valence-corrected chi connectivity index (χ2v) is 4.26. The number of carbonyl (C=O) groups is 1. The van der Waals surface area contributed by atoms with E-state index >= 15 is 0 Å². The fraction of sp³-hybridized carbons (Fsp3) is 0.0833. The molecule has 1 aromatic heterocycles. The Labute approximate surface area is 100 Å². The zero-order chi connectivity index (χ0) is 11.7. The summed E-state index contributed by atoms with van der Waals surface area (Å²) >= 11 is 3.25. The first kappa shape index (κ1) is 11.1. The van der Waals surface area contributed by atoms with Crippen LogP contribution in [0.4, 0.5) is 4.39 Å². The Hall–Kier alpha value is -1.42. The van der Waals surface area contributed by atoms with E-state index in [0.717, 1.165) is 4.47 Å². The molecule has 0 saturated carbocycles. The van der Waals surface area contributed by atoms with Gasteiger partial charge in [-0.2, -0.15) is 0 Å². The third-order valence-electron chi connectivity index (χ3n) is 2.15. The SMILES string of the molecule is CC(=O)c1ccc(-c2cc(Br)ccc2F)o1. The van der Waals surface area contributed by atoms with E-state index in [4.69, 9.17) is 4.42 Å². The highest BCUT2D eigenvalue weighted by Gasteiger charge is 2.12. The van der Waals surface area contributed by atoms with E-state index in [1.807, 2.05) is 0 Å². The molecule has 0 fully saturated rings. The van der Waals surface area contributed by atoms with Gasteiger partial charge in [-0.05, 0) is 30.3 Å². The summed E-state index contributed by atoms with van der Waals surface area (Å²) in [5, 5.41) is 0. The molecule has 0 N–H and O–H groups in total. The molecule has 1 aromatic carbocycles. The first-order valence-electron chi connectivity index (χ1n) is 4.64. The van der Waals surface area contributed by atoms with Crippen molar-refractivity contribution in [2.45, 2.75) is 6.92 Å². The quantitative estimate of drug-likeness (QED) is 0.778. The van der Waals surface area contributed by atoms with Crippen LogP contribution in [0.15, 0.2) is 39.2 Å². The van der Waals surface area contributed by atoms with Gasteiger partial charge in [0.25, 0.3) is 0 Å². The van der Waals surface area contributed by atoms with Crippen LogP contribution in [0.5, 0.6) is 0 Å². The Morgan fingerprint density at radius 2 is 2.06 bits per heavy atom. The summed E-state index contributed by atoms with van der Waals surface area (Å²) < 4.78 is 19.5.